The van der Waals surface area contributed by atoms with E-state index in [1.807, 2.05) is 48.4 Å². The van der Waals surface area contributed by atoms with Gasteiger partial charge in [-0.2, -0.15) is 0 Å². The zero-order chi connectivity index (χ0) is 22.1. The summed E-state index contributed by atoms with van der Waals surface area (Å²) in [4.78, 5) is 23.6. The van der Waals surface area contributed by atoms with E-state index >= 15 is 0 Å². The number of carbonyl (C=O) groups excluding carboxylic acids is 1. The van der Waals surface area contributed by atoms with Crippen LogP contribution in [-0.2, 0) is 6.54 Å². The van der Waals surface area contributed by atoms with Crippen molar-refractivity contribution in [3.05, 3.63) is 52.7 Å². The number of amides is 2. The van der Waals surface area contributed by atoms with Gasteiger partial charge in [-0.25, -0.2) is 9.78 Å². The van der Waals surface area contributed by atoms with Gasteiger partial charge in [-0.1, -0.05) is 23.7 Å². The number of halogens is 1. The predicted octanol–water partition coefficient (Wildman–Crippen LogP) is 4.74. The number of piperidine rings is 1. The third-order valence-electron chi connectivity index (χ3n) is 6.70. The number of benzene rings is 1. The second-order valence-electron chi connectivity index (χ2n) is 9.38. The van der Waals surface area contributed by atoms with E-state index < -0.39 is 0 Å². The fourth-order valence-electron chi connectivity index (χ4n) is 4.62. The van der Waals surface area contributed by atoms with Crippen molar-refractivity contribution in [2.24, 2.45) is 5.92 Å². The number of hydrogen-bond acceptors (Lipinski definition) is 4. The number of nitrogens with zero attached hydrogens (tertiary/aromatic N) is 4. The molecule has 32 heavy (non-hydrogen) atoms. The Morgan fingerprint density at radius 3 is 2.56 bits per heavy atom. The molecular weight excluding hydrogens is 424 g/mol. The first-order valence-electron chi connectivity index (χ1n) is 11.7. The average Bonchev–Trinajstić information content (AvgIpc) is 3.54. The van der Waals surface area contributed by atoms with E-state index in [-0.39, 0.29) is 12.1 Å². The van der Waals surface area contributed by atoms with E-state index in [4.69, 9.17) is 16.3 Å². The Kier molecular flexibility index (Phi) is 6.24. The number of pyridine rings is 1. The fraction of sp³-hybridized carbons (Fsp3) is 0.520. The van der Waals surface area contributed by atoms with Crippen LogP contribution < -0.4 is 9.64 Å². The highest BCUT2D eigenvalue weighted by Crippen LogP contribution is 2.31. The van der Waals surface area contributed by atoms with Crippen molar-refractivity contribution in [1.82, 2.24) is 14.8 Å². The third kappa shape index (κ3) is 5.02. The molecule has 5 rings (SSSR count). The average molecular weight is 455 g/mol. The van der Waals surface area contributed by atoms with E-state index in [0.717, 1.165) is 48.7 Å². The van der Waals surface area contributed by atoms with Crippen LogP contribution in [0.25, 0.3) is 0 Å². The van der Waals surface area contributed by atoms with Gasteiger partial charge in [0.1, 0.15) is 6.10 Å². The molecular formula is C25H31ClN4O2. The molecule has 2 saturated heterocycles. The molecule has 3 aliphatic rings. The molecule has 0 radical (unpaired) electrons. The van der Waals surface area contributed by atoms with E-state index in [0.29, 0.717) is 30.5 Å². The highest BCUT2D eigenvalue weighted by atomic mass is 35.5. The Morgan fingerprint density at radius 1 is 1.06 bits per heavy atom. The summed E-state index contributed by atoms with van der Waals surface area (Å²) in [5.74, 6) is 1.63. The smallest absolute Gasteiger partial charge is 0.324 e. The number of urea groups is 1. The Labute approximate surface area is 195 Å². The number of aryl methyl sites for hydroxylation is 1. The number of anilines is 1. The summed E-state index contributed by atoms with van der Waals surface area (Å²) in [6.07, 6.45) is 7.02. The number of likely N-dealkylation sites (tertiary alicyclic amines) is 1. The summed E-state index contributed by atoms with van der Waals surface area (Å²) in [6, 6.07) is 9.72. The van der Waals surface area contributed by atoms with Gasteiger partial charge in [-0.15, -0.1) is 0 Å². The number of ether oxygens (including phenoxy) is 1. The molecule has 2 amide bonds. The first-order valence-corrected chi connectivity index (χ1v) is 12.1. The Balaban J connectivity index is 1.13. The first-order chi connectivity index (χ1) is 15.5. The first kappa shape index (κ1) is 21.5. The number of aromatic nitrogens is 1. The Bertz CT molecular complexity index is 955. The molecule has 0 unspecified atom stereocenters. The number of carbonyl (C=O) groups is 1. The van der Waals surface area contributed by atoms with Crippen LogP contribution in [0.3, 0.4) is 0 Å². The van der Waals surface area contributed by atoms with Gasteiger partial charge in [0.05, 0.1) is 10.7 Å². The maximum atomic E-state index is 12.9. The molecule has 1 aromatic carbocycles. The maximum Gasteiger partial charge on any atom is 0.324 e. The van der Waals surface area contributed by atoms with Gasteiger partial charge < -0.3 is 14.5 Å². The van der Waals surface area contributed by atoms with Crippen LogP contribution in [0.1, 0.15) is 36.8 Å². The lowest BCUT2D eigenvalue weighted by molar-refractivity contribution is 0.0944. The van der Waals surface area contributed by atoms with Crippen molar-refractivity contribution in [3.63, 3.8) is 0 Å². The number of rotatable bonds is 7. The number of hydrogen-bond donors (Lipinski definition) is 0. The molecule has 6 nitrogen and oxygen atoms in total. The quantitative estimate of drug-likeness (QED) is 0.606. The second kappa shape index (κ2) is 9.28. The molecule has 0 spiro atoms. The molecule has 3 fully saturated rings. The summed E-state index contributed by atoms with van der Waals surface area (Å²) < 4.78 is 6.13. The van der Waals surface area contributed by atoms with Gasteiger partial charge in [0, 0.05) is 51.5 Å². The van der Waals surface area contributed by atoms with Gasteiger partial charge in [-0.3, -0.25) is 4.90 Å². The largest absolute Gasteiger partial charge is 0.474 e. The lowest BCUT2D eigenvalue weighted by Gasteiger charge is -2.31. The van der Waals surface area contributed by atoms with Crippen molar-refractivity contribution in [3.8, 4) is 5.88 Å². The minimum Gasteiger partial charge on any atom is -0.474 e. The minimum absolute atomic E-state index is 0.0194. The topological polar surface area (TPSA) is 48.9 Å². The van der Waals surface area contributed by atoms with Crippen molar-refractivity contribution in [2.45, 2.75) is 45.3 Å². The standard InChI is InChI=1S/C25H31ClN4O2/c1-18-2-6-23(22(26)14-18)30-13-12-29(25(30)31)17-20-5-7-24(27-15-20)32-21-8-10-28(11-9-21)16-19-3-4-19/h2,5-7,14-15,19,21H,3-4,8-13,16-17H2,1H3. The highest BCUT2D eigenvalue weighted by molar-refractivity contribution is 6.33. The monoisotopic (exact) mass is 454 g/mol. The van der Waals surface area contributed by atoms with Crippen LogP contribution in [-0.4, -0.2) is 59.6 Å². The van der Waals surface area contributed by atoms with Crippen molar-refractivity contribution in [2.75, 3.05) is 37.6 Å². The lowest BCUT2D eigenvalue weighted by Crippen LogP contribution is -2.39. The summed E-state index contributed by atoms with van der Waals surface area (Å²) in [7, 11) is 0. The summed E-state index contributed by atoms with van der Waals surface area (Å²) in [5, 5.41) is 0.613. The van der Waals surface area contributed by atoms with Crippen molar-refractivity contribution in [1.29, 1.82) is 0 Å². The van der Waals surface area contributed by atoms with Crippen LogP contribution in [0.4, 0.5) is 10.5 Å². The van der Waals surface area contributed by atoms with Crippen LogP contribution in [0.15, 0.2) is 36.5 Å². The molecule has 2 aliphatic heterocycles. The van der Waals surface area contributed by atoms with Crippen LogP contribution in [0.5, 0.6) is 5.88 Å². The van der Waals surface area contributed by atoms with Crippen LogP contribution >= 0.6 is 11.6 Å². The van der Waals surface area contributed by atoms with E-state index in [1.54, 1.807) is 4.90 Å². The van der Waals surface area contributed by atoms with Crippen LogP contribution in [0.2, 0.25) is 5.02 Å². The molecule has 1 aliphatic carbocycles. The van der Waals surface area contributed by atoms with Gasteiger partial charge in [0.25, 0.3) is 0 Å². The SMILES string of the molecule is Cc1ccc(N2CCN(Cc3ccc(OC4CCN(CC5CC5)CC4)nc3)C2=O)c(Cl)c1. The molecule has 1 saturated carbocycles. The fourth-order valence-corrected chi connectivity index (χ4v) is 4.96. The minimum atomic E-state index is -0.0194. The predicted molar refractivity (Wildman–Crippen MR) is 126 cm³/mol. The van der Waals surface area contributed by atoms with Gasteiger partial charge in [0.15, 0.2) is 0 Å². The third-order valence-corrected chi connectivity index (χ3v) is 7.00. The van der Waals surface area contributed by atoms with Gasteiger partial charge in [0.2, 0.25) is 5.88 Å². The summed E-state index contributed by atoms with van der Waals surface area (Å²) in [6.45, 7) is 7.34. The van der Waals surface area contributed by atoms with Crippen molar-refractivity contribution >= 4 is 23.3 Å². The molecule has 2 aromatic rings. The lowest BCUT2D eigenvalue weighted by atomic mass is 10.1. The molecule has 170 valence electrons. The van der Waals surface area contributed by atoms with Crippen LogP contribution in [0, 0.1) is 12.8 Å². The summed E-state index contributed by atoms with van der Waals surface area (Å²) in [5.41, 5.74) is 2.86. The molecule has 7 heteroatoms. The van der Waals surface area contributed by atoms with E-state index in [1.165, 1.54) is 19.4 Å². The normalized spacial score (nSPS) is 20.2. The summed E-state index contributed by atoms with van der Waals surface area (Å²) >= 11 is 6.37. The Morgan fingerprint density at radius 2 is 1.88 bits per heavy atom. The Hall–Kier alpha value is -2.31. The molecule has 3 heterocycles. The van der Waals surface area contributed by atoms with E-state index in [2.05, 4.69) is 9.88 Å². The van der Waals surface area contributed by atoms with Crippen molar-refractivity contribution < 1.29 is 9.53 Å². The second-order valence-corrected chi connectivity index (χ2v) is 9.78. The highest BCUT2D eigenvalue weighted by Gasteiger charge is 2.31. The molecule has 0 N–H and O–H groups in total. The van der Waals surface area contributed by atoms with Gasteiger partial charge in [-0.05, 0) is 61.8 Å². The molecule has 1 aromatic heterocycles. The zero-order valence-electron chi connectivity index (χ0n) is 18.7. The van der Waals surface area contributed by atoms with Gasteiger partial charge >= 0.3 is 6.03 Å². The molecule has 0 atom stereocenters. The van der Waals surface area contributed by atoms with E-state index in [9.17, 15) is 4.79 Å². The maximum absolute atomic E-state index is 12.9. The molecule has 0 bridgehead atoms. The zero-order valence-corrected chi connectivity index (χ0v) is 19.4.